The van der Waals surface area contributed by atoms with Gasteiger partial charge in [0.1, 0.15) is 5.56 Å². The monoisotopic (exact) mass is 311 g/mol. The van der Waals surface area contributed by atoms with Gasteiger partial charge in [0.25, 0.3) is 11.5 Å². The Morgan fingerprint density at radius 1 is 1.22 bits per heavy atom. The molecule has 0 spiro atoms. The lowest BCUT2D eigenvalue weighted by atomic mass is 10.0. The third-order valence-electron chi connectivity index (χ3n) is 4.97. The molecule has 6 nitrogen and oxygen atoms in total. The number of benzene rings is 1. The van der Waals surface area contributed by atoms with E-state index in [1.807, 2.05) is 24.3 Å². The van der Waals surface area contributed by atoms with Crippen LogP contribution in [-0.4, -0.2) is 40.9 Å². The number of nitrogens with zero attached hydrogens (tertiary/aromatic N) is 2. The summed E-state index contributed by atoms with van der Waals surface area (Å²) in [6, 6.07) is 9.15. The third kappa shape index (κ3) is 2.05. The number of aryl methyl sites for hydroxylation is 1. The molecule has 23 heavy (non-hydrogen) atoms. The minimum atomic E-state index is -0.296. The average molecular weight is 311 g/mol. The van der Waals surface area contributed by atoms with Crippen LogP contribution in [0.5, 0.6) is 0 Å². The van der Waals surface area contributed by atoms with Crippen LogP contribution in [0, 0.1) is 11.8 Å². The number of rotatable bonds is 1. The summed E-state index contributed by atoms with van der Waals surface area (Å²) in [4.78, 5) is 38.7. The van der Waals surface area contributed by atoms with Gasteiger partial charge in [0, 0.05) is 32.6 Å². The van der Waals surface area contributed by atoms with Crippen LogP contribution in [0.3, 0.4) is 0 Å². The number of carbonyl (C=O) groups is 2. The summed E-state index contributed by atoms with van der Waals surface area (Å²) in [6.45, 7) is 1.53. The number of nitrogens with one attached hydrogen (secondary N) is 1. The molecule has 0 aliphatic carbocycles. The molecule has 2 aromatic rings. The van der Waals surface area contributed by atoms with E-state index in [9.17, 15) is 14.4 Å². The second kappa shape index (κ2) is 4.94. The highest BCUT2D eigenvalue weighted by Crippen LogP contribution is 2.28. The molecular weight excluding hydrogens is 294 g/mol. The first-order chi connectivity index (χ1) is 11.1. The van der Waals surface area contributed by atoms with Crippen LogP contribution in [-0.2, 0) is 11.8 Å². The predicted molar refractivity (Wildman–Crippen MR) is 85.1 cm³/mol. The highest BCUT2D eigenvalue weighted by Gasteiger charge is 2.44. The Kier molecular flexibility index (Phi) is 3.01. The number of fused-ring (bicyclic) bond motifs is 2. The molecule has 2 aliphatic rings. The molecule has 1 aromatic carbocycles. The van der Waals surface area contributed by atoms with Gasteiger partial charge < -0.3 is 14.8 Å². The van der Waals surface area contributed by atoms with E-state index in [0.29, 0.717) is 19.6 Å². The van der Waals surface area contributed by atoms with E-state index < -0.39 is 0 Å². The zero-order valence-electron chi connectivity index (χ0n) is 12.8. The molecule has 4 rings (SSSR count). The second-order valence-corrected chi connectivity index (χ2v) is 6.30. The molecule has 3 heterocycles. The van der Waals surface area contributed by atoms with Gasteiger partial charge in [-0.2, -0.15) is 0 Å². The van der Waals surface area contributed by atoms with Gasteiger partial charge in [-0.25, -0.2) is 0 Å². The van der Waals surface area contributed by atoms with Crippen LogP contribution >= 0.6 is 0 Å². The number of hydrogen-bond donors (Lipinski definition) is 1. The first kappa shape index (κ1) is 14.0. The molecule has 1 N–H and O–H groups in total. The first-order valence-electron chi connectivity index (χ1n) is 7.72. The Bertz CT molecular complexity index is 886. The fourth-order valence-electron chi connectivity index (χ4n) is 3.65. The number of hydrogen-bond acceptors (Lipinski definition) is 3. The van der Waals surface area contributed by atoms with Gasteiger partial charge in [-0.1, -0.05) is 18.2 Å². The number of para-hydroxylation sites is 1. The van der Waals surface area contributed by atoms with Gasteiger partial charge in [0.15, 0.2) is 0 Å². The zero-order valence-corrected chi connectivity index (χ0v) is 12.8. The summed E-state index contributed by atoms with van der Waals surface area (Å²) in [5, 5.41) is 3.68. The maximum Gasteiger partial charge on any atom is 0.263 e. The molecule has 2 amide bonds. The van der Waals surface area contributed by atoms with Crippen LogP contribution in [0.4, 0.5) is 0 Å². The number of carbonyl (C=O) groups excluding carboxylic acids is 2. The summed E-state index contributed by atoms with van der Waals surface area (Å²) in [6.07, 6.45) is 0. The maximum absolute atomic E-state index is 12.8. The summed E-state index contributed by atoms with van der Waals surface area (Å²) in [7, 11) is 1.67. The molecule has 0 bridgehead atoms. The van der Waals surface area contributed by atoms with Crippen molar-refractivity contribution in [3.63, 3.8) is 0 Å². The zero-order chi connectivity index (χ0) is 16.1. The molecule has 2 fully saturated rings. The van der Waals surface area contributed by atoms with Crippen molar-refractivity contribution in [3.05, 3.63) is 46.2 Å². The van der Waals surface area contributed by atoms with Crippen molar-refractivity contribution < 1.29 is 9.59 Å². The van der Waals surface area contributed by atoms with Gasteiger partial charge in [-0.3, -0.25) is 14.4 Å². The lowest BCUT2D eigenvalue weighted by Crippen LogP contribution is -2.37. The minimum Gasteiger partial charge on any atom is -0.355 e. The molecule has 6 heteroatoms. The van der Waals surface area contributed by atoms with E-state index in [4.69, 9.17) is 0 Å². The third-order valence-corrected chi connectivity index (χ3v) is 4.97. The fourth-order valence-corrected chi connectivity index (χ4v) is 3.65. The van der Waals surface area contributed by atoms with Crippen LogP contribution in [0.2, 0.25) is 0 Å². The Morgan fingerprint density at radius 3 is 2.78 bits per heavy atom. The first-order valence-corrected chi connectivity index (χ1v) is 7.72. The second-order valence-electron chi connectivity index (χ2n) is 6.30. The largest absolute Gasteiger partial charge is 0.355 e. The molecular formula is C17H17N3O3. The summed E-state index contributed by atoms with van der Waals surface area (Å²) in [5.74, 6) is -0.241. The SMILES string of the molecule is Cn1c(=O)c(C(=O)N2C[C@@H]3CNC(=O)[C@@H]3C2)cc2ccccc21. The van der Waals surface area contributed by atoms with Crippen molar-refractivity contribution in [2.75, 3.05) is 19.6 Å². The smallest absolute Gasteiger partial charge is 0.263 e. The summed E-state index contributed by atoms with van der Waals surface area (Å²) in [5.41, 5.74) is 0.675. The van der Waals surface area contributed by atoms with Crippen LogP contribution in [0.15, 0.2) is 35.1 Å². The van der Waals surface area contributed by atoms with E-state index in [1.165, 1.54) is 4.57 Å². The van der Waals surface area contributed by atoms with E-state index in [2.05, 4.69) is 5.32 Å². The highest BCUT2D eigenvalue weighted by molar-refractivity contribution is 5.98. The fraction of sp³-hybridized carbons (Fsp3) is 0.353. The topological polar surface area (TPSA) is 71.4 Å². The Morgan fingerprint density at radius 2 is 2.00 bits per heavy atom. The Labute approximate surface area is 132 Å². The lowest BCUT2D eigenvalue weighted by molar-refractivity contribution is -0.122. The van der Waals surface area contributed by atoms with E-state index in [1.54, 1.807) is 18.0 Å². The van der Waals surface area contributed by atoms with Gasteiger partial charge >= 0.3 is 0 Å². The summed E-state index contributed by atoms with van der Waals surface area (Å²) >= 11 is 0. The van der Waals surface area contributed by atoms with Crippen LogP contribution < -0.4 is 10.9 Å². The standard InChI is InChI=1S/C17H17N3O3/c1-19-14-5-3-2-4-10(14)6-12(16(19)22)17(23)20-8-11-7-18-15(21)13(11)9-20/h2-6,11,13H,7-9H2,1H3,(H,18,21)/t11-,13+/m0/s1. The highest BCUT2D eigenvalue weighted by atomic mass is 16.2. The van der Waals surface area contributed by atoms with E-state index >= 15 is 0 Å². The van der Waals surface area contributed by atoms with E-state index in [0.717, 1.165) is 10.9 Å². The van der Waals surface area contributed by atoms with Crippen molar-refractivity contribution in [1.82, 2.24) is 14.8 Å². The van der Waals surface area contributed by atoms with Crippen molar-refractivity contribution in [3.8, 4) is 0 Å². The number of pyridine rings is 1. The molecule has 1 aromatic heterocycles. The van der Waals surface area contributed by atoms with Crippen LogP contribution in [0.25, 0.3) is 10.9 Å². The number of aromatic nitrogens is 1. The van der Waals surface area contributed by atoms with Gasteiger partial charge in [0.2, 0.25) is 5.91 Å². The molecule has 2 aliphatic heterocycles. The van der Waals surface area contributed by atoms with Gasteiger partial charge in [0.05, 0.1) is 11.4 Å². The summed E-state index contributed by atoms with van der Waals surface area (Å²) < 4.78 is 1.51. The number of likely N-dealkylation sites (tertiary alicyclic amines) is 1. The average Bonchev–Trinajstić information content (AvgIpc) is 3.13. The van der Waals surface area contributed by atoms with Gasteiger partial charge in [-0.15, -0.1) is 0 Å². The number of amides is 2. The van der Waals surface area contributed by atoms with E-state index in [-0.39, 0.29) is 34.8 Å². The molecule has 0 unspecified atom stereocenters. The Hall–Kier alpha value is -2.63. The molecule has 0 radical (unpaired) electrons. The normalized spacial score (nSPS) is 23.2. The quantitative estimate of drug-likeness (QED) is 0.826. The van der Waals surface area contributed by atoms with Crippen molar-refractivity contribution >= 4 is 22.7 Å². The Balaban J connectivity index is 1.72. The van der Waals surface area contributed by atoms with Crippen LogP contribution in [0.1, 0.15) is 10.4 Å². The molecule has 0 saturated carbocycles. The minimum absolute atomic E-state index is 0.0108. The van der Waals surface area contributed by atoms with Crippen molar-refractivity contribution in [1.29, 1.82) is 0 Å². The maximum atomic E-state index is 12.8. The predicted octanol–water partition coefficient (Wildman–Crippen LogP) is 0.357. The van der Waals surface area contributed by atoms with Gasteiger partial charge in [-0.05, 0) is 17.5 Å². The lowest BCUT2D eigenvalue weighted by Gasteiger charge is -2.18. The molecule has 2 saturated heterocycles. The molecule has 2 atom stereocenters. The molecule has 118 valence electrons. The van der Waals surface area contributed by atoms with Crippen molar-refractivity contribution in [2.45, 2.75) is 0 Å². The van der Waals surface area contributed by atoms with Crippen molar-refractivity contribution in [2.24, 2.45) is 18.9 Å².